The van der Waals surface area contributed by atoms with Crippen LogP contribution in [0.1, 0.15) is 37.8 Å². The minimum Gasteiger partial charge on any atom is -0.350 e. The fraction of sp³-hybridized carbons (Fsp3) is 0.353. The predicted octanol–water partition coefficient (Wildman–Crippen LogP) is 2.80. The van der Waals surface area contributed by atoms with E-state index in [4.69, 9.17) is 0 Å². The zero-order valence-corrected chi connectivity index (χ0v) is 12.6. The van der Waals surface area contributed by atoms with Crippen LogP contribution in [0.4, 0.5) is 0 Å². The van der Waals surface area contributed by atoms with Gasteiger partial charge in [0.25, 0.3) is 0 Å². The van der Waals surface area contributed by atoms with Gasteiger partial charge in [0, 0.05) is 6.42 Å². The molecular formula is C17H20N4O. The van der Waals surface area contributed by atoms with E-state index in [-0.39, 0.29) is 11.9 Å². The molecule has 0 aliphatic heterocycles. The van der Waals surface area contributed by atoms with E-state index in [2.05, 4.69) is 27.6 Å². The number of carbonyl (C=O) groups excluding carboxylic acids is 1. The maximum atomic E-state index is 12.1. The van der Waals surface area contributed by atoms with Gasteiger partial charge in [-0.2, -0.15) is 5.10 Å². The summed E-state index contributed by atoms with van der Waals surface area (Å²) in [6.07, 6.45) is 10.2. The Labute approximate surface area is 130 Å². The van der Waals surface area contributed by atoms with E-state index in [1.54, 1.807) is 11.0 Å². The second-order valence-corrected chi connectivity index (χ2v) is 5.69. The molecule has 1 aromatic carbocycles. The van der Waals surface area contributed by atoms with E-state index in [1.165, 1.54) is 6.33 Å². The standard InChI is InChI=1S/C17H20N4O/c1-13(20-17(22)10-14-4-2-3-5-14)15-6-8-16(9-7-15)21-12-18-11-19-21/h2,4,6-9,11-14H,3,5,10H2,1H3,(H,20,22)/t13-,14+/m0/s1. The number of carbonyl (C=O) groups is 1. The molecule has 1 N–H and O–H groups in total. The molecule has 1 aliphatic carbocycles. The molecule has 0 unspecified atom stereocenters. The monoisotopic (exact) mass is 296 g/mol. The molecule has 0 spiro atoms. The Balaban J connectivity index is 1.58. The van der Waals surface area contributed by atoms with Gasteiger partial charge >= 0.3 is 0 Å². The molecule has 1 amide bonds. The van der Waals surface area contributed by atoms with Crippen molar-refractivity contribution in [2.45, 2.75) is 32.2 Å². The number of benzene rings is 1. The third kappa shape index (κ3) is 3.42. The SMILES string of the molecule is C[C@H](NC(=O)C[C@@H]1C=CCC1)c1ccc(-n2cncn2)cc1. The summed E-state index contributed by atoms with van der Waals surface area (Å²) >= 11 is 0. The van der Waals surface area contributed by atoms with Crippen LogP contribution in [0.5, 0.6) is 0 Å². The van der Waals surface area contributed by atoms with Gasteiger partial charge in [-0.25, -0.2) is 9.67 Å². The Morgan fingerprint density at radius 3 is 2.86 bits per heavy atom. The average Bonchev–Trinajstić information content (AvgIpc) is 3.20. The second kappa shape index (κ2) is 6.56. The van der Waals surface area contributed by atoms with Crippen LogP contribution in [-0.2, 0) is 4.79 Å². The van der Waals surface area contributed by atoms with E-state index in [0.717, 1.165) is 24.1 Å². The predicted molar refractivity (Wildman–Crippen MR) is 84.4 cm³/mol. The molecule has 0 saturated carbocycles. The van der Waals surface area contributed by atoms with E-state index in [1.807, 2.05) is 31.2 Å². The summed E-state index contributed by atoms with van der Waals surface area (Å²) in [5.74, 6) is 0.520. The van der Waals surface area contributed by atoms with Crippen molar-refractivity contribution in [2.24, 2.45) is 5.92 Å². The van der Waals surface area contributed by atoms with Crippen LogP contribution >= 0.6 is 0 Å². The van der Waals surface area contributed by atoms with Gasteiger partial charge in [-0.1, -0.05) is 24.3 Å². The van der Waals surface area contributed by atoms with E-state index >= 15 is 0 Å². The first-order valence-corrected chi connectivity index (χ1v) is 7.63. The van der Waals surface area contributed by atoms with E-state index < -0.39 is 0 Å². The van der Waals surface area contributed by atoms with Crippen LogP contribution in [0.15, 0.2) is 49.1 Å². The Bertz CT molecular complexity index is 646. The molecule has 1 heterocycles. The summed E-state index contributed by atoms with van der Waals surface area (Å²) in [6.45, 7) is 2.01. The highest BCUT2D eigenvalue weighted by Gasteiger charge is 2.16. The Hall–Kier alpha value is -2.43. The van der Waals surface area contributed by atoms with Crippen molar-refractivity contribution in [3.8, 4) is 5.69 Å². The lowest BCUT2D eigenvalue weighted by molar-refractivity contribution is -0.122. The molecule has 5 nitrogen and oxygen atoms in total. The Kier molecular flexibility index (Phi) is 4.32. The maximum absolute atomic E-state index is 12.1. The molecular weight excluding hydrogens is 276 g/mol. The number of amides is 1. The molecule has 2 atom stereocenters. The van der Waals surface area contributed by atoms with Crippen LogP contribution in [0, 0.1) is 5.92 Å². The van der Waals surface area contributed by atoms with Crippen molar-refractivity contribution in [3.63, 3.8) is 0 Å². The molecule has 3 rings (SSSR count). The number of allylic oxidation sites excluding steroid dienone is 2. The molecule has 0 radical (unpaired) electrons. The van der Waals surface area contributed by atoms with E-state index in [0.29, 0.717) is 12.3 Å². The highest BCUT2D eigenvalue weighted by Crippen LogP contribution is 2.21. The summed E-state index contributed by atoms with van der Waals surface area (Å²) in [7, 11) is 0. The van der Waals surface area contributed by atoms with Crippen molar-refractivity contribution in [2.75, 3.05) is 0 Å². The first-order chi connectivity index (χ1) is 10.7. The average molecular weight is 296 g/mol. The quantitative estimate of drug-likeness (QED) is 0.863. The van der Waals surface area contributed by atoms with Crippen molar-refractivity contribution in [1.29, 1.82) is 0 Å². The molecule has 0 saturated heterocycles. The zero-order chi connectivity index (χ0) is 15.4. The second-order valence-electron chi connectivity index (χ2n) is 5.69. The fourth-order valence-electron chi connectivity index (χ4n) is 2.74. The number of hydrogen-bond acceptors (Lipinski definition) is 3. The van der Waals surface area contributed by atoms with Crippen LogP contribution in [0.25, 0.3) is 5.69 Å². The lowest BCUT2D eigenvalue weighted by Gasteiger charge is -2.16. The van der Waals surface area contributed by atoms with Gasteiger partial charge < -0.3 is 5.32 Å². The van der Waals surface area contributed by atoms with Crippen molar-refractivity contribution < 1.29 is 4.79 Å². The molecule has 1 aromatic heterocycles. The normalized spacial score (nSPS) is 18.3. The summed E-state index contributed by atoms with van der Waals surface area (Å²) in [4.78, 5) is 16.0. The van der Waals surface area contributed by atoms with Crippen molar-refractivity contribution >= 4 is 5.91 Å². The molecule has 1 aliphatic rings. The number of rotatable bonds is 5. The van der Waals surface area contributed by atoms with Crippen LogP contribution < -0.4 is 5.32 Å². The summed E-state index contributed by atoms with van der Waals surface area (Å²) < 4.78 is 1.71. The highest BCUT2D eigenvalue weighted by atomic mass is 16.1. The number of hydrogen-bond donors (Lipinski definition) is 1. The zero-order valence-electron chi connectivity index (χ0n) is 12.6. The topological polar surface area (TPSA) is 59.8 Å². The lowest BCUT2D eigenvalue weighted by atomic mass is 10.0. The van der Waals surface area contributed by atoms with Crippen molar-refractivity contribution in [1.82, 2.24) is 20.1 Å². The highest BCUT2D eigenvalue weighted by molar-refractivity contribution is 5.77. The van der Waals surface area contributed by atoms with Crippen LogP contribution in [0.2, 0.25) is 0 Å². The molecule has 0 bridgehead atoms. The minimum absolute atomic E-state index is 0.00248. The van der Waals surface area contributed by atoms with Gasteiger partial charge in [-0.15, -0.1) is 0 Å². The molecule has 0 fully saturated rings. The summed E-state index contributed by atoms with van der Waals surface area (Å²) in [5.41, 5.74) is 2.04. The largest absolute Gasteiger partial charge is 0.350 e. The fourth-order valence-corrected chi connectivity index (χ4v) is 2.74. The smallest absolute Gasteiger partial charge is 0.221 e. The van der Waals surface area contributed by atoms with Gasteiger partial charge in [-0.05, 0) is 43.4 Å². The Morgan fingerprint density at radius 2 is 2.23 bits per heavy atom. The molecule has 5 heteroatoms. The van der Waals surface area contributed by atoms with Gasteiger partial charge in [0.05, 0.1) is 11.7 Å². The number of aromatic nitrogens is 3. The summed E-state index contributed by atoms with van der Waals surface area (Å²) in [5, 5.41) is 7.17. The van der Waals surface area contributed by atoms with Gasteiger partial charge in [0.1, 0.15) is 12.7 Å². The first-order valence-electron chi connectivity index (χ1n) is 7.63. The van der Waals surface area contributed by atoms with Crippen molar-refractivity contribution in [3.05, 3.63) is 54.6 Å². The number of nitrogens with zero attached hydrogens (tertiary/aromatic N) is 3. The maximum Gasteiger partial charge on any atom is 0.221 e. The third-order valence-electron chi connectivity index (χ3n) is 4.01. The lowest BCUT2D eigenvalue weighted by Crippen LogP contribution is -2.27. The third-order valence-corrected chi connectivity index (χ3v) is 4.01. The van der Waals surface area contributed by atoms with Gasteiger partial charge in [-0.3, -0.25) is 4.79 Å². The number of nitrogens with one attached hydrogen (secondary N) is 1. The molecule has 2 aromatic rings. The summed E-state index contributed by atoms with van der Waals surface area (Å²) in [6, 6.07) is 7.98. The minimum atomic E-state index is 0.00248. The van der Waals surface area contributed by atoms with Crippen LogP contribution in [-0.4, -0.2) is 20.7 Å². The molecule has 114 valence electrons. The Morgan fingerprint density at radius 1 is 1.41 bits per heavy atom. The van der Waals surface area contributed by atoms with Gasteiger partial charge in [0.2, 0.25) is 5.91 Å². The van der Waals surface area contributed by atoms with Crippen LogP contribution in [0.3, 0.4) is 0 Å². The molecule has 22 heavy (non-hydrogen) atoms. The first kappa shape index (κ1) is 14.5. The van der Waals surface area contributed by atoms with Gasteiger partial charge in [0.15, 0.2) is 0 Å². The van der Waals surface area contributed by atoms with E-state index in [9.17, 15) is 4.79 Å².